The molecule has 2 amide bonds. The number of benzene rings is 1. The number of carbonyl (C=O) groups excluding carboxylic acids is 3. The first-order valence-electron chi connectivity index (χ1n) is 8.03. The van der Waals surface area contributed by atoms with Gasteiger partial charge in [-0.25, -0.2) is 4.79 Å². The summed E-state index contributed by atoms with van der Waals surface area (Å²) in [6, 6.07) is 7.63. The molecule has 0 fully saturated rings. The number of carbonyl (C=O) groups is 3. The lowest BCUT2D eigenvalue weighted by atomic mass is 10.1. The van der Waals surface area contributed by atoms with Gasteiger partial charge < -0.3 is 15.0 Å². The van der Waals surface area contributed by atoms with Crippen molar-refractivity contribution in [3.05, 3.63) is 41.5 Å². The predicted octanol–water partition coefficient (Wildman–Crippen LogP) is 1.92. The Morgan fingerprint density at radius 1 is 1.16 bits per heavy atom. The maximum absolute atomic E-state index is 11.9. The molecule has 0 atom stereocenters. The Bertz CT molecular complexity index is 642. The van der Waals surface area contributed by atoms with Gasteiger partial charge in [-0.2, -0.15) is 0 Å². The van der Waals surface area contributed by atoms with E-state index in [1.165, 1.54) is 18.0 Å². The summed E-state index contributed by atoms with van der Waals surface area (Å²) < 4.78 is 4.90. The zero-order chi connectivity index (χ0) is 19.0. The maximum atomic E-state index is 11.9. The summed E-state index contributed by atoms with van der Waals surface area (Å²) in [7, 11) is 1.49. The van der Waals surface area contributed by atoms with Gasteiger partial charge in [0.1, 0.15) is 0 Å². The average Bonchev–Trinajstić information content (AvgIpc) is 2.50. The fourth-order valence-corrected chi connectivity index (χ4v) is 1.89. The van der Waals surface area contributed by atoms with Crippen molar-refractivity contribution in [2.75, 3.05) is 20.2 Å². The van der Waals surface area contributed by atoms with Crippen LogP contribution in [0.2, 0.25) is 0 Å². The normalized spacial score (nSPS) is 11.2. The fourth-order valence-electron chi connectivity index (χ4n) is 1.89. The first-order valence-corrected chi connectivity index (χ1v) is 8.03. The molecule has 136 valence electrons. The van der Waals surface area contributed by atoms with E-state index < -0.39 is 18.5 Å². The molecular weight excluding hydrogens is 320 g/mol. The monoisotopic (exact) mass is 346 g/mol. The van der Waals surface area contributed by atoms with Crippen molar-refractivity contribution in [3.8, 4) is 0 Å². The molecule has 6 nitrogen and oxygen atoms in total. The second-order valence-corrected chi connectivity index (χ2v) is 6.90. The fraction of sp³-hybridized carbons (Fsp3) is 0.421. The average molecular weight is 346 g/mol. The first-order chi connectivity index (χ1) is 11.6. The van der Waals surface area contributed by atoms with Crippen molar-refractivity contribution in [1.82, 2.24) is 10.2 Å². The number of rotatable bonds is 6. The van der Waals surface area contributed by atoms with Crippen LogP contribution in [0.1, 0.15) is 31.9 Å². The third-order valence-corrected chi connectivity index (χ3v) is 3.15. The van der Waals surface area contributed by atoms with Crippen LogP contribution >= 0.6 is 0 Å². The van der Waals surface area contributed by atoms with Gasteiger partial charge in [-0.05, 0) is 39.3 Å². The van der Waals surface area contributed by atoms with Crippen LogP contribution in [0.3, 0.4) is 0 Å². The molecule has 0 spiro atoms. The van der Waals surface area contributed by atoms with Crippen molar-refractivity contribution >= 4 is 23.9 Å². The Labute approximate surface area is 148 Å². The third-order valence-electron chi connectivity index (χ3n) is 3.15. The highest BCUT2D eigenvalue weighted by atomic mass is 16.5. The molecule has 0 aliphatic heterocycles. The number of nitrogens with zero attached hydrogens (tertiary/aromatic N) is 1. The minimum atomic E-state index is -0.610. The van der Waals surface area contributed by atoms with E-state index >= 15 is 0 Å². The van der Waals surface area contributed by atoms with Gasteiger partial charge in [-0.1, -0.05) is 29.8 Å². The van der Waals surface area contributed by atoms with E-state index in [4.69, 9.17) is 4.74 Å². The number of ether oxygens (including phenoxy) is 1. The van der Waals surface area contributed by atoms with E-state index in [1.54, 1.807) is 6.08 Å². The Kier molecular flexibility index (Phi) is 7.36. The van der Waals surface area contributed by atoms with Gasteiger partial charge in [0.25, 0.3) is 5.91 Å². The summed E-state index contributed by atoms with van der Waals surface area (Å²) >= 11 is 0. The van der Waals surface area contributed by atoms with Crippen LogP contribution in [0.15, 0.2) is 30.3 Å². The highest BCUT2D eigenvalue weighted by Gasteiger charge is 2.18. The van der Waals surface area contributed by atoms with Crippen molar-refractivity contribution in [2.24, 2.45) is 0 Å². The number of hydrogen-bond acceptors (Lipinski definition) is 4. The molecule has 0 aliphatic carbocycles. The summed E-state index contributed by atoms with van der Waals surface area (Å²) in [6.07, 6.45) is 2.89. The summed E-state index contributed by atoms with van der Waals surface area (Å²) in [4.78, 5) is 36.6. The van der Waals surface area contributed by atoms with E-state index in [0.29, 0.717) is 0 Å². The first kappa shape index (κ1) is 20.4. The molecular formula is C19H26N2O4. The molecule has 1 N–H and O–H groups in total. The number of nitrogens with one attached hydrogen (secondary N) is 1. The summed E-state index contributed by atoms with van der Waals surface area (Å²) in [6.45, 7) is 7.05. The second-order valence-electron chi connectivity index (χ2n) is 6.90. The van der Waals surface area contributed by atoms with Crippen LogP contribution in [-0.2, 0) is 19.1 Å². The minimum absolute atomic E-state index is 0.0904. The molecule has 1 rings (SSSR count). The maximum Gasteiger partial charge on any atom is 0.331 e. The van der Waals surface area contributed by atoms with Gasteiger partial charge in [0, 0.05) is 18.7 Å². The molecule has 6 heteroatoms. The standard InChI is InChI=1S/C19H26N2O4/c1-14-6-8-15(9-7-14)10-11-18(24)25-13-17(23)21(5)12-16(22)20-19(2,3)4/h6-11H,12-13H2,1-5H3,(H,20,22)/b11-10+. The van der Waals surface area contributed by atoms with Gasteiger partial charge >= 0.3 is 5.97 Å². The summed E-state index contributed by atoms with van der Waals surface area (Å²) in [5, 5.41) is 2.76. The van der Waals surface area contributed by atoms with Gasteiger partial charge in [0.15, 0.2) is 6.61 Å². The molecule has 0 saturated heterocycles. The Morgan fingerprint density at radius 3 is 2.32 bits per heavy atom. The van der Waals surface area contributed by atoms with E-state index in [-0.39, 0.29) is 18.0 Å². The SMILES string of the molecule is Cc1ccc(/C=C/C(=O)OCC(=O)N(C)CC(=O)NC(C)(C)C)cc1. The molecule has 0 radical (unpaired) electrons. The number of esters is 1. The van der Waals surface area contributed by atoms with Crippen molar-refractivity contribution in [1.29, 1.82) is 0 Å². The highest BCUT2D eigenvalue weighted by molar-refractivity contribution is 5.90. The van der Waals surface area contributed by atoms with Gasteiger partial charge in [-0.3, -0.25) is 9.59 Å². The molecule has 0 aliphatic rings. The van der Waals surface area contributed by atoms with Crippen LogP contribution in [0.25, 0.3) is 6.08 Å². The Hall–Kier alpha value is -2.63. The molecule has 0 bridgehead atoms. The van der Waals surface area contributed by atoms with Crippen molar-refractivity contribution in [2.45, 2.75) is 33.2 Å². The van der Waals surface area contributed by atoms with Gasteiger partial charge in [0.05, 0.1) is 6.54 Å². The summed E-state index contributed by atoms with van der Waals surface area (Å²) in [5.74, 6) is -1.32. The number of amides is 2. The topological polar surface area (TPSA) is 75.7 Å². The quantitative estimate of drug-likeness (QED) is 0.631. The zero-order valence-corrected chi connectivity index (χ0v) is 15.5. The van der Waals surface area contributed by atoms with Gasteiger partial charge in [-0.15, -0.1) is 0 Å². The minimum Gasteiger partial charge on any atom is -0.452 e. The zero-order valence-electron chi connectivity index (χ0n) is 15.5. The lowest BCUT2D eigenvalue weighted by Gasteiger charge is -2.23. The Morgan fingerprint density at radius 2 is 1.76 bits per heavy atom. The van der Waals surface area contributed by atoms with Crippen LogP contribution in [0, 0.1) is 6.92 Å². The number of hydrogen-bond donors (Lipinski definition) is 1. The molecule has 0 heterocycles. The van der Waals surface area contributed by atoms with Crippen LogP contribution in [0.4, 0.5) is 0 Å². The van der Waals surface area contributed by atoms with Crippen molar-refractivity contribution < 1.29 is 19.1 Å². The Balaban J connectivity index is 2.40. The lowest BCUT2D eigenvalue weighted by molar-refractivity contribution is -0.148. The van der Waals surface area contributed by atoms with Crippen LogP contribution in [0.5, 0.6) is 0 Å². The number of likely N-dealkylation sites (N-methyl/N-ethyl adjacent to an activating group) is 1. The smallest absolute Gasteiger partial charge is 0.331 e. The van der Waals surface area contributed by atoms with Gasteiger partial charge in [0.2, 0.25) is 5.91 Å². The predicted molar refractivity (Wildman–Crippen MR) is 96.7 cm³/mol. The largest absolute Gasteiger partial charge is 0.452 e. The van der Waals surface area contributed by atoms with E-state index in [9.17, 15) is 14.4 Å². The van der Waals surface area contributed by atoms with Crippen LogP contribution in [-0.4, -0.2) is 48.4 Å². The third kappa shape index (κ3) is 8.69. The molecule has 1 aromatic rings. The van der Waals surface area contributed by atoms with E-state index in [1.807, 2.05) is 52.0 Å². The molecule has 0 aromatic heterocycles. The molecule has 0 unspecified atom stereocenters. The molecule has 1 aromatic carbocycles. The lowest BCUT2D eigenvalue weighted by Crippen LogP contribution is -2.46. The second kappa shape index (κ2) is 9.01. The highest BCUT2D eigenvalue weighted by Crippen LogP contribution is 2.05. The van der Waals surface area contributed by atoms with E-state index in [0.717, 1.165) is 11.1 Å². The molecule has 25 heavy (non-hydrogen) atoms. The van der Waals surface area contributed by atoms with Crippen LogP contribution < -0.4 is 5.32 Å². The van der Waals surface area contributed by atoms with Crippen molar-refractivity contribution in [3.63, 3.8) is 0 Å². The van der Waals surface area contributed by atoms with E-state index in [2.05, 4.69) is 5.32 Å². The molecule has 0 saturated carbocycles. The number of aryl methyl sites for hydroxylation is 1. The summed E-state index contributed by atoms with van der Waals surface area (Å²) in [5.41, 5.74) is 1.63.